The second kappa shape index (κ2) is 5.98. The number of fused-ring (bicyclic) bond motifs is 1. The van der Waals surface area contributed by atoms with Crippen molar-refractivity contribution in [3.05, 3.63) is 27.1 Å². The monoisotopic (exact) mass is 400 g/mol. The van der Waals surface area contributed by atoms with Gasteiger partial charge in [0.15, 0.2) is 0 Å². The summed E-state index contributed by atoms with van der Waals surface area (Å²) in [6, 6.07) is 7.86. The van der Waals surface area contributed by atoms with Crippen LogP contribution in [0.1, 0.15) is 26.7 Å². The molecule has 2 atom stereocenters. The molecular formula is C16H22Br2N2. The Bertz CT molecular complexity index is 489. The van der Waals surface area contributed by atoms with E-state index in [2.05, 4.69) is 73.7 Å². The van der Waals surface area contributed by atoms with Crippen molar-refractivity contribution in [2.75, 3.05) is 24.5 Å². The molecule has 2 saturated heterocycles. The zero-order valence-corrected chi connectivity index (χ0v) is 15.3. The first-order valence-corrected chi connectivity index (χ1v) is 9.10. The van der Waals surface area contributed by atoms with Crippen molar-refractivity contribution in [2.45, 2.75) is 38.8 Å². The summed E-state index contributed by atoms with van der Waals surface area (Å²) < 4.78 is 2.37. The van der Waals surface area contributed by atoms with Gasteiger partial charge in [0.25, 0.3) is 0 Å². The smallest absolute Gasteiger partial charge is 0.0525 e. The quantitative estimate of drug-likeness (QED) is 0.718. The molecule has 1 aromatic rings. The molecule has 4 heteroatoms. The first kappa shape index (κ1) is 14.9. The van der Waals surface area contributed by atoms with Gasteiger partial charge < -0.3 is 4.90 Å². The van der Waals surface area contributed by atoms with Crippen molar-refractivity contribution in [3.63, 3.8) is 0 Å². The van der Waals surface area contributed by atoms with Crippen LogP contribution in [0.25, 0.3) is 0 Å². The Hall–Kier alpha value is -0.0600. The molecule has 0 spiro atoms. The van der Waals surface area contributed by atoms with E-state index in [1.54, 1.807) is 0 Å². The molecule has 0 aliphatic carbocycles. The van der Waals surface area contributed by atoms with Crippen LogP contribution in [0.15, 0.2) is 27.1 Å². The topological polar surface area (TPSA) is 6.48 Å². The van der Waals surface area contributed by atoms with Gasteiger partial charge in [0.1, 0.15) is 0 Å². The molecule has 2 aliphatic heterocycles. The molecule has 0 aromatic heterocycles. The highest BCUT2D eigenvalue weighted by Crippen LogP contribution is 2.36. The third-order valence-corrected chi connectivity index (χ3v) is 5.88. The largest absolute Gasteiger partial charge is 0.364 e. The van der Waals surface area contributed by atoms with Gasteiger partial charge in [-0.3, -0.25) is 4.90 Å². The molecule has 0 saturated carbocycles. The van der Waals surface area contributed by atoms with Crippen LogP contribution >= 0.6 is 31.9 Å². The van der Waals surface area contributed by atoms with E-state index in [1.807, 2.05) is 0 Å². The lowest BCUT2D eigenvalue weighted by Crippen LogP contribution is -2.58. The van der Waals surface area contributed by atoms with E-state index in [4.69, 9.17) is 0 Å². The lowest BCUT2D eigenvalue weighted by atomic mass is 9.96. The standard InChI is InChI=1S/C16H22Br2N2/c1-11(2)16-10-19-7-3-4-13(19)9-20(16)15-8-12(17)5-6-14(15)18/h5-6,8,11,13,16H,3-4,7,9-10H2,1-2H3. The van der Waals surface area contributed by atoms with Crippen molar-refractivity contribution in [1.82, 2.24) is 4.90 Å². The lowest BCUT2D eigenvalue weighted by Gasteiger charge is -2.47. The highest BCUT2D eigenvalue weighted by molar-refractivity contribution is 9.11. The molecule has 0 N–H and O–H groups in total. The number of hydrogen-bond donors (Lipinski definition) is 0. The average molecular weight is 402 g/mol. The van der Waals surface area contributed by atoms with Gasteiger partial charge in [-0.25, -0.2) is 0 Å². The normalized spacial score (nSPS) is 27.1. The Morgan fingerprint density at radius 1 is 1.20 bits per heavy atom. The maximum Gasteiger partial charge on any atom is 0.0525 e. The van der Waals surface area contributed by atoms with E-state index in [1.165, 1.54) is 36.1 Å². The fraction of sp³-hybridized carbons (Fsp3) is 0.625. The van der Waals surface area contributed by atoms with Gasteiger partial charge in [0, 0.05) is 34.1 Å². The Labute approximate surface area is 138 Å². The molecule has 2 heterocycles. The van der Waals surface area contributed by atoms with Gasteiger partial charge in [0.05, 0.1) is 5.69 Å². The fourth-order valence-electron chi connectivity index (χ4n) is 3.60. The van der Waals surface area contributed by atoms with Crippen molar-refractivity contribution in [3.8, 4) is 0 Å². The molecule has 0 radical (unpaired) electrons. The maximum atomic E-state index is 3.74. The number of nitrogens with zero attached hydrogens (tertiary/aromatic N) is 2. The second-order valence-corrected chi connectivity index (χ2v) is 8.12. The molecule has 3 rings (SSSR count). The highest BCUT2D eigenvalue weighted by Gasteiger charge is 2.38. The van der Waals surface area contributed by atoms with Gasteiger partial charge in [0.2, 0.25) is 0 Å². The van der Waals surface area contributed by atoms with Crippen LogP contribution in [-0.2, 0) is 0 Å². The van der Waals surface area contributed by atoms with Gasteiger partial charge in [-0.15, -0.1) is 0 Å². The molecule has 2 unspecified atom stereocenters. The number of hydrogen-bond acceptors (Lipinski definition) is 2. The van der Waals surface area contributed by atoms with E-state index in [0.717, 1.165) is 17.1 Å². The van der Waals surface area contributed by atoms with Gasteiger partial charge in [-0.05, 0) is 59.4 Å². The van der Waals surface area contributed by atoms with Gasteiger partial charge >= 0.3 is 0 Å². The van der Waals surface area contributed by atoms with E-state index in [-0.39, 0.29) is 0 Å². The predicted molar refractivity (Wildman–Crippen MR) is 92.4 cm³/mol. The minimum Gasteiger partial charge on any atom is -0.364 e. The van der Waals surface area contributed by atoms with Crippen LogP contribution in [0.4, 0.5) is 5.69 Å². The summed E-state index contributed by atoms with van der Waals surface area (Å²) in [5.74, 6) is 0.669. The van der Waals surface area contributed by atoms with Crippen LogP contribution in [0, 0.1) is 5.92 Å². The van der Waals surface area contributed by atoms with Gasteiger partial charge in [-0.1, -0.05) is 29.8 Å². The van der Waals surface area contributed by atoms with Crippen LogP contribution in [0.3, 0.4) is 0 Å². The fourth-order valence-corrected chi connectivity index (χ4v) is 4.42. The van der Waals surface area contributed by atoms with E-state index < -0.39 is 0 Å². The summed E-state index contributed by atoms with van der Waals surface area (Å²) in [6.45, 7) is 8.36. The highest BCUT2D eigenvalue weighted by atomic mass is 79.9. The first-order valence-electron chi connectivity index (χ1n) is 7.52. The molecule has 0 bridgehead atoms. The second-order valence-electron chi connectivity index (χ2n) is 6.35. The Balaban J connectivity index is 1.93. The van der Waals surface area contributed by atoms with Crippen molar-refractivity contribution in [2.24, 2.45) is 5.92 Å². The zero-order valence-electron chi connectivity index (χ0n) is 12.1. The van der Waals surface area contributed by atoms with Crippen molar-refractivity contribution >= 4 is 37.5 Å². The third kappa shape index (κ3) is 2.79. The Kier molecular flexibility index (Phi) is 4.44. The van der Waals surface area contributed by atoms with Crippen LogP contribution < -0.4 is 4.90 Å². The van der Waals surface area contributed by atoms with Crippen molar-refractivity contribution in [1.29, 1.82) is 0 Å². The summed E-state index contributed by atoms with van der Waals surface area (Å²) in [7, 11) is 0. The molecular weight excluding hydrogens is 380 g/mol. The summed E-state index contributed by atoms with van der Waals surface area (Å²) in [5.41, 5.74) is 1.34. The molecule has 0 amide bonds. The van der Waals surface area contributed by atoms with Crippen LogP contribution in [0.5, 0.6) is 0 Å². The molecule has 110 valence electrons. The first-order chi connectivity index (χ1) is 9.56. The number of anilines is 1. The molecule has 2 aliphatic rings. The van der Waals surface area contributed by atoms with E-state index in [0.29, 0.717) is 12.0 Å². The minimum absolute atomic E-state index is 0.606. The van der Waals surface area contributed by atoms with E-state index in [9.17, 15) is 0 Å². The number of halogens is 2. The maximum absolute atomic E-state index is 3.74. The average Bonchev–Trinajstić information content (AvgIpc) is 2.87. The lowest BCUT2D eigenvalue weighted by molar-refractivity contribution is 0.176. The van der Waals surface area contributed by atoms with E-state index >= 15 is 0 Å². The summed E-state index contributed by atoms with van der Waals surface area (Å²) in [5, 5.41) is 0. The summed E-state index contributed by atoms with van der Waals surface area (Å²) in [6.07, 6.45) is 2.72. The summed E-state index contributed by atoms with van der Waals surface area (Å²) in [4.78, 5) is 5.33. The number of rotatable bonds is 2. The molecule has 2 fully saturated rings. The molecule has 20 heavy (non-hydrogen) atoms. The van der Waals surface area contributed by atoms with Crippen molar-refractivity contribution < 1.29 is 0 Å². The molecule has 2 nitrogen and oxygen atoms in total. The van der Waals surface area contributed by atoms with Crippen LogP contribution in [0.2, 0.25) is 0 Å². The minimum atomic E-state index is 0.606. The number of piperazine rings is 1. The van der Waals surface area contributed by atoms with Gasteiger partial charge in [-0.2, -0.15) is 0 Å². The zero-order chi connectivity index (χ0) is 14.3. The summed E-state index contributed by atoms with van der Waals surface area (Å²) >= 11 is 7.36. The van der Waals surface area contributed by atoms with Crippen LogP contribution in [-0.4, -0.2) is 36.6 Å². The Morgan fingerprint density at radius 2 is 2.00 bits per heavy atom. The molecule has 1 aromatic carbocycles. The SMILES string of the molecule is CC(C)C1CN2CCCC2CN1c1cc(Br)ccc1Br. The Morgan fingerprint density at radius 3 is 2.75 bits per heavy atom. The predicted octanol–water partition coefficient (Wildman–Crippen LogP) is 4.52. The number of benzene rings is 1. The third-order valence-electron chi connectivity index (χ3n) is 4.72.